The van der Waals surface area contributed by atoms with Gasteiger partial charge in [0, 0.05) is 32.5 Å². The van der Waals surface area contributed by atoms with Gasteiger partial charge in [0.05, 0.1) is 0 Å². The van der Waals surface area contributed by atoms with Crippen molar-refractivity contribution in [1.82, 2.24) is 9.97 Å². The third kappa shape index (κ3) is 4.45. The van der Waals surface area contributed by atoms with E-state index in [1.165, 1.54) is 43.4 Å². The number of hydrogen-bond donors (Lipinski definition) is 0. The lowest BCUT2D eigenvalue weighted by atomic mass is 9.77. The van der Waals surface area contributed by atoms with Gasteiger partial charge >= 0.3 is 0 Å². The summed E-state index contributed by atoms with van der Waals surface area (Å²) in [5, 5.41) is 7.24. The van der Waals surface area contributed by atoms with E-state index in [0.29, 0.717) is 0 Å². The lowest BCUT2D eigenvalue weighted by Gasteiger charge is -2.26. The van der Waals surface area contributed by atoms with Crippen molar-refractivity contribution in [3.05, 3.63) is 155 Å². The molecule has 4 heteroatoms. The topological polar surface area (TPSA) is 25.8 Å². The zero-order valence-electron chi connectivity index (χ0n) is 23.5. The fourth-order valence-corrected chi connectivity index (χ4v) is 7.32. The highest BCUT2D eigenvalue weighted by Crippen LogP contribution is 2.54. The number of aromatic nitrogens is 2. The zero-order valence-corrected chi connectivity index (χ0v) is 26.7. The second-order valence-electron chi connectivity index (χ2n) is 10.9. The molecule has 44 heavy (non-hydrogen) atoms. The van der Waals surface area contributed by atoms with Crippen molar-refractivity contribution in [2.24, 2.45) is 0 Å². The van der Waals surface area contributed by atoms with Gasteiger partial charge in [-0.2, -0.15) is 0 Å². The van der Waals surface area contributed by atoms with Gasteiger partial charge in [-0.15, -0.1) is 0 Å². The number of fused-ring (bicyclic) bond motifs is 6. The summed E-state index contributed by atoms with van der Waals surface area (Å²) in [7, 11) is 0. The normalized spacial score (nSPS) is 11.4. The Morgan fingerprint density at radius 2 is 0.750 bits per heavy atom. The average molecular weight is 692 g/mol. The van der Waals surface area contributed by atoms with Crippen LogP contribution < -0.4 is 0 Å². The van der Waals surface area contributed by atoms with Gasteiger partial charge in [-0.05, 0) is 90.0 Å². The molecule has 0 spiro atoms. The van der Waals surface area contributed by atoms with Crippen LogP contribution in [-0.2, 0) is 0 Å². The fraction of sp³-hybridized carbons (Fsp3) is 0. The van der Waals surface area contributed by atoms with Crippen LogP contribution in [0.25, 0.3) is 76.8 Å². The Kier molecular flexibility index (Phi) is 6.82. The Balaban J connectivity index is 1.79. The SMILES string of the molecule is Brc1ccc2c3ccc(Br)cc3c3c(-c4ccccc4)c(-c4cncnc4)c(-c4ccccc4)c(-c4ccccc4)c3c2c1. The molecule has 0 aliphatic heterocycles. The van der Waals surface area contributed by atoms with Crippen LogP contribution in [0.15, 0.2) is 155 Å². The van der Waals surface area contributed by atoms with E-state index in [2.05, 4.69) is 169 Å². The number of benzene rings is 7. The number of nitrogens with zero attached hydrogens (tertiary/aromatic N) is 2. The van der Waals surface area contributed by atoms with Gasteiger partial charge in [0.15, 0.2) is 0 Å². The van der Waals surface area contributed by atoms with Crippen LogP contribution in [0.2, 0.25) is 0 Å². The Bertz CT molecular complexity index is 2150. The van der Waals surface area contributed by atoms with Gasteiger partial charge in [0.25, 0.3) is 0 Å². The van der Waals surface area contributed by atoms with Crippen LogP contribution in [0.1, 0.15) is 0 Å². The van der Waals surface area contributed by atoms with Crippen molar-refractivity contribution in [3.63, 3.8) is 0 Å². The molecule has 0 bridgehead atoms. The molecule has 0 N–H and O–H groups in total. The third-order valence-corrected chi connectivity index (χ3v) is 9.32. The van der Waals surface area contributed by atoms with Crippen LogP contribution >= 0.6 is 31.9 Å². The summed E-state index contributed by atoms with van der Waals surface area (Å²) < 4.78 is 2.09. The molecule has 0 amide bonds. The second-order valence-corrected chi connectivity index (χ2v) is 12.7. The van der Waals surface area contributed by atoms with Crippen molar-refractivity contribution in [2.45, 2.75) is 0 Å². The molecule has 208 valence electrons. The van der Waals surface area contributed by atoms with Crippen LogP contribution in [0.3, 0.4) is 0 Å². The van der Waals surface area contributed by atoms with Crippen molar-refractivity contribution < 1.29 is 0 Å². The van der Waals surface area contributed by atoms with E-state index in [4.69, 9.17) is 0 Å². The van der Waals surface area contributed by atoms with Gasteiger partial charge in [0.1, 0.15) is 6.33 Å². The summed E-state index contributed by atoms with van der Waals surface area (Å²) in [6, 6.07) is 45.6. The summed E-state index contributed by atoms with van der Waals surface area (Å²) in [5.41, 5.74) is 9.05. The maximum Gasteiger partial charge on any atom is 0.115 e. The molecule has 1 heterocycles. The zero-order chi connectivity index (χ0) is 29.6. The van der Waals surface area contributed by atoms with Crippen LogP contribution in [0.5, 0.6) is 0 Å². The van der Waals surface area contributed by atoms with E-state index in [9.17, 15) is 0 Å². The number of rotatable bonds is 4. The Labute approximate surface area is 272 Å². The lowest BCUT2D eigenvalue weighted by molar-refractivity contribution is 1.17. The smallest absolute Gasteiger partial charge is 0.115 e. The predicted octanol–water partition coefficient (Wildman–Crippen LogP) is 12.1. The minimum absolute atomic E-state index is 0.974. The van der Waals surface area contributed by atoms with Crippen molar-refractivity contribution in [3.8, 4) is 44.5 Å². The molecule has 0 aliphatic carbocycles. The van der Waals surface area contributed by atoms with E-state index in [-0.39, 0.29) is 0 Å². The molecule has 0 saturated heterocycles. The summed E-state index contributed by atoms with van der Waals surface area (Å²) >= 11 is 7.65. The lowest BCUT2D eigenvalue weighted by Crippen LogP contribution is -1.99. The van der Waals surface area contributed by atoms with Gasteiger partial charge < -0.3 is 0 Å². The van der Waals surface area contributed by atoms with E-state index in [0.717, 1.165) is 42.3 Å². The van der Waals surface area contributed by atoms with Gasteiger partial charge in [-0.1, -0.05) is 135 Å². The molecule has 8 aromatic rings. The van der Waals surface area contributed by atoms with Gasteiger partial charge in [0.2, 0.25) is 0 Å². The van der Waals surface area contributed by atoms with E-state index < -0.39 is 0 Å². The standard InChI is InChI=1S/C40H24Br2N2/c41-29-16-18-31-32-19-17-30(42)21-34(32)40-37(27-14-8-3-9-15-27)38(28-22-43-24-44-23-28)35(25-10-4-1-5-11-25)36(39(40)33(31)20-29)26-12-6-2-7-13-26/h1-24H. The Hall–Kier alpha value is -4.64. The first-order valence-corrected chi connectivity index (χ1v) is 16.0. The summed E-state index contributed by atoms with van der Waals surface area (Å²) in [5.74, 6) is 0. The summed E-state index contributed by atoms with van der Waals surface area (Å²) in [6.45, 7) is 0. The monoisotopic (exact) mass is 690 g/mol. The Morgan fingerprint density at radius 1 is 0.364 bits per heavy atom. The molecule has 8 rings (SSSR count). The second kappa shape index (κ2) is 11.1. The highest BCUT2D eigenvalue weighted by Gasteiger charge is 2.27. The molecule has 2 nitrogen and oxygen atoms in total. The van der Waals surface area contributed by atoms with Crippen molar-refractivity contribution >= 4 is 64.2 Å². The number of halogens is 2. The van der Waals surface area contributed by atoms with Crippen LogP contribution in [0, 0.1) is 0 Å². The first kappa shape index (κ1) is 26.9. The average Bonchev–Trinajstić information content (AvgIpc) is 3.08. The van der Waals surface area contributed by atoms with Crippen molar-refractivity contribution in [2.75, 3.05) is 0 Å². The Morgan fingerprint density at radius 3 is 1.18 bits per heavy atom. The molecule has 0 radical (unpaired) electrons. The largest absolute Gasteiger partial charge is 0.244 e. The molecular formula is C40H24Br2N2. The van der Waals surface area contributed by atoms with E-state index in [1.807, 2.05) is 12.4 Å². The summed E-state index contributed by atoms with van der Waals surface area (Å²) in [4.78, 5) is 9.05. The van der Waals surface area contributed by atoms with Crippen LogP contribution in [-0.4, -0.2) is 9.97 Å². The maximum absolute atomic E-state index is 4.53. The first-order valence-electron chi connectivity index (χ1n) is 14.4. The van der Waals surface area contributed by atoms with Gasteiger partial charge in [-0.3, -0.25) is 0 Å². The molecule has 0 unspecified atom stereocenters. The van der Waals surface area contributed by atoms with E-state index >= 15 is 0 Å². The van der Waals surface area contributed by atoms with Crippen LogP contribution in [0.4, 0.5) is 0 Å². The number of hydrogen-bond acceptors (Lipinski definition) is 2. The molecule has 0 atom stereocenters. The van der Waals surface area contributed by atoms with Crippen molar-refractivity contribution in [1.29, 1.82) is 0 Å². The highest BCUT2D eigenvalue weighted by molar-refractivity contribution is 9.10. The maximum atomic E-state index is 4.53. The minimum atomic E-state index is 0.974. The molecule has 7 aromatic carbocycles. The molecule has 0 aliphatic rings. The quantitative estimate of drug-likeness (QED) is 0.172. The molecule has 1 aromatic heterocycles. The molecule has 0 saturated carbocycles. The molecule has 0 fully saturated rings. The highest BCUT2D eigenvalue weighted by atomic mass is 79.9. The first-order chi connectivity index (χ1) is 21.7. The van der Waals surface area contributed by atoms with Gasteiger partial charge in [-0.25, -0.2) is 9.97 Å². The summed E-state index contributed by atoms with van der Waals surface area (Å²) in [6.07, 6.45) is 5.49. The molecular weight excluding hydrogens is 668 g/mol. The third-order valence-electron chi connectivity index (χ3n) is 8.33. The minimum Gasteiger partial charge on any atom is -0.244 e. The van der Waals surface area contributed by atoms with E-state index in [1.54, 1.807) is 6.33 Å². The fourth-order valence-electron chi connectivity index (χ4n) is 6.60. The predicted molar refractivity (Wildman–Crippen MR) is 192 cm³/mol.